The van der Waals surface area contributed by atoms with E-state index in [1.165, 1.54) is 4.90 Å². The molecular formula is C23H25NO5. The van der Waals surface area contributed by atoms with Crippen molar-refractivity contribution < 1.29 is 24.2 Å². The molecule has 1 amide bonds. The van der Waals surface area contributed by atoms with Gasteiger partial charge in [-0.2, -0.15) is 0 Å². The Kier molecular flexibility index (Phi) is 6.34. The minimum Gasteiger partial charge on any atom is -0.507 e. The van der Waals surface area contributed by atoms with Crippen LogP contribution in [0.25, 0.3) is 5.76 Å². The maximum absolute atomic E-state index is 12.9. The number of hydrogen-bond donors (Lipinski definition) is 1. The van der Waals surface area contributed by atoms with Gasteiger partial charge in [0.2, 0.25) is 0 Å². The van der Waals surface area contributed by atoms with Crippen LogP contribution in [0.3, 0.4) is 0 Å². The average Bonchev–Trinajstić information content (AvgIpc) is 2.99. The summed E-state index contributed by atoms with van der Waals surface area (Å²) < 4.78 is 10.3. The molecule has 0 radical (unpaired) electrons. The van der Waals surface area contributed by atoms with Gasteiger partial charge in [-0.3, -0.25) is 9.59 Å². The number of aryl methyl sites for hydroxylation is 1. The zero-order valence-corrected chi connectivity index (χ0v) is 16.8. The Balaban J connectivity index is 2.09. The fourth-order valence-electron chi connectivity index (χ4n) is 3.49. The van der Waals surface area contributed by atoms with E-state index in [0.29, 0.717) is 30.9 Å². The Hall–Kier alpha value is -3.12. The number of likely N-dealkylation sites (tertiary alicyclic amines) is 1. The molecule has 0 bridgehead atoms. The van der Waals surface area contributed by atoms with Crippen LogP contribution >= 0.6 is 0 Å². The van der Waals surface area contributed by atoms with Crippen molar-refractivity contribution >= 4 is 17.4 Å². The number of carbonyl (C=O) groups is 2. The van der Waals surface area contributed by atoms with Crippen molar-refractivity contribution in [3.8, 4) is 5.75 Å². The third-order valence-corrected chi connectivity index (χ3v) is 5.04. The predicted octanol–water partition coefficient (Wildman–Crippen LogP) is 3.46. The van der Waals surface area contributed by atoms with Crippen molar-refractivity contribution in [2.45, 2.75) is 19.4 Å². The van der Waals surface area contributed by atoms with Crippen LogP contribution in [0.1, 0.15) is 29.2 Å². The van der Waals surface area contributed by atoms with Gasteiger partial charge in [0.1, 0.15) is 11.5 Å². The van der Waals surface area contributed by atoms with Crippen molar-refractivity contribution in [2.75, 3.05) is 27.4 Å². The molecule has 1 aliphatic heterocycles. The van der Waals surface area contributed by atoms with Crippen molar-refractivity contribution in [3.05, 3.63) is 70.8 Å². The van der Waals surface area contributed by atoms with Gasteiger partial charge in [-0.25, -0.2) is 0 Å². The number of nitrogens with zero attached hydrogens (tertiary/aromatic N) is 1. The highest BCUT2D eigenvalue weighted by molar-refractivity contribution is 6.46. The number of aliphatic hydroxyl groups excluding tert-OH is 1. The zero-order chi connectivity index (χ0) is 21.0. The number of aliphatic hydroxyl groups is 1. The molecule has 1 fully saturated rings. The van der Waals surface area contributed by atoms with Gasteiger partial charge in [-0.15, -0.1) is 0 Å². The van der Waals surface area contributed by atoms with Crippen LogP contribution in [-0.4, -0.2) is 49.1 Å². The molecule has 0 saturated carbocycles. The minimum atomic E-state index is -0.679. The first-order chi connectivity index (χ1) is 14.0. The Morgan fingerprint density at radius 2 is 1.69 bits per heavy atom. The Labute approximate surface area is 170 Å². The van der Waals surface area contributed by atoms with Crippen molar-refractivity contribution in [1.29, 1.82) is 0 Å². The van der Waals surface area contributed by atoms with E-state index in [0.717, 1.165) is 11.1 Å². The number of ether oxygens (including phenoxy) is 2. The summed E-state index contributed by atoms with van der Waals surface area (Å²) in [5.74, 6) is -0.793. The normalized spacial score (nSPS) is 18.3. The van der Waals surface area contributed by atoms with E-state index >= 15 is 0 Å². The predicted molar refractivity (Wildman–Crippen MR) is 110 cm³/mol. The summed E-state index contributed by atoms with van der Waals surface area (Å²) in [7, 11) is 3.16. The number of Topliss-reactive ketones (excluding diaryl/α,β-unsaturated/α-hetero) is 1. The third-order valence-electron chi connectivity index (χ3n) is 5.04. The second kappa shape index (κ2) is 8.92. The van der Waals surface area contributed by atoms with Crippen LogP contribution < -0.4 is 4.74 Å². The van der Waals surface area contributed by atoms with Crippen molar-refractivity contribution in [1.82, 2.24) is 4.90 Å². The molecule has 1 N–H and O–H groups in total. The molecule has 29 heavy (non-hydrogen) atoms. The molecule has 0 aromatic heterocycles. The van der Waals surface area contributed by atoms with Gasteiger partial charge >= 0.3 is 0 Å². The Morgan fingerprint density at radius 3 is 2.28 bits per heavy atom. The first-order valence-corrected chi connectivity index (χ1v) is 9.46. The summed E-state index contributed by atoms with van der Waals surface area (Å²) >= 11 is 0. The SMILES string of the molecule is COCCCN1C(=O)C(=O)C(=C(O)c2ccc(C)cc2)C1c1ccc(OC)cc1. The van der Waals surface area contributed by atoms with Crippen LogP contribution in [0.4, 0.5) is 0 Å². The molecule has 1 saturated heterocycles. The van der Waals surface area contributed by atoms with E-state index < -0.39 is 17.7 Å². The molecule has 6 nitrogen and oxygen atoms in total. The second-order valence-corrected chi connectivity index (χ2v) is 6.98. The lowest BCUT2D eigenvalue weighted by atomic mass is 9.95. The van der Waals surface area contributed by atoms with E-state index in [1.54, 1.807) is 50.6 Å². The summed E-state index contributed by atoms with van der Waals surface area (Å²) in [5.41, 5.74) is 2.37. The number of hydrogen-bond acceptors (Lipinski definition) is 5. The molecule has 2 aromatic carbocycles. The Bertz CT molecular complexity index is 915. The first-order valence-electron chi connectivity index (χ1n) is 9.46. The highest BCUT2D eigenvalue weighted by Crippen LogP contribution is 2.39. The number of methoxy groups -OCH3 is 2. The molecule has 6 heteroatoms. The van der Waals surface area contributed by atoms with Gasteiger partial charge in [-0.1, -0.05) is 42.0 Å². The lowest BCUT2D eigenvalue weighted by Crippen LogP contribution is -2.31. The number of benzene rings is 2. The quantitative estimate of drug-likeness (QED) is 0.336. The van der Waals surface area contributed by atoms with Gasteiger partial charge in [-0.05, 0) is 31.0 Å². The van der Waals surface area contributed by atoms with Gasteiger partial charge in [0.25, 0.3) is 11.7 Å². The number of carbonyl (C=O) groups excluding carboxylic acids is 2. The third kappa shape index (κ3) is 4.17. The number of ketones is 1. The zero-order valence-electron chi connectivity index (χ0n) is 16.8. The number of rotatable bonds is 7. The van der Waals surface area contributed by atoms with E-state index in [9.17, 15) is 14.7 Å². The van der Waals surface area contributed by atoms with E-state index in [2.05, 4.69) is 0 Å². The van der Waals surface area contributed by atoms with Crippen molar-refractivity contribution in [2.24, 2.45) is 0 Å². The smallest absolute Gasteiger partial charge is 0.295 e. The maximum Gasteiger partial charge on any atom is 0.295 e. The topological polar surface area (TPSA) is 76.1 Å². The standard InChI is InChI=1S/C23H25NO5/c1-15-5-7-17(8-6-15)21(25)19-20(16-9-11-18(29-3)12-10-16)24(13-4-14-28-2)23(27)22(19)26/h5-12,20,25H,4,13-14H2,1-3H3. The molecule has 0 aliphatic carbocycles. The summed E-state index contributed by atoms with van der Waals surface area (Å²) in [6.45, 7) is 2.76. The average molecular weight is 395 g/mol. The van der Waals surface area contributed by atoms with Crippen LogP contribution in [0.2, 0.25) is 0 Å². The second-order valence-electron chi connectivity index (χ2n) is 6.98. The number of amides is 1. The molecule has 152 valence electrons. The van der Waals surface area contributed by atoms with Crippen LogP contribution in [0, 0.1) is 6.92 Å². The van der Waals surface area contributed by atoms with E-state index in [1.807, 2.05) is 19.1 Å². The van der Waals surface area contributed by atoms with Crippen LogP contribution in [0.15, 0.2) is 54.1 Å². The van der Waals surface area contributed by atoms with Gasteiger partial charge in [0.05, 0.1) is 18.7 Å². The summed E-state index contributed by atoms with van der Waals surface area (Å²) in [5, 5.41) is 11.0. The molecule has 1 aliphatic rings. The monoisotopic (exact) mass is 395 g/mol. The van der Waals surface area contributed by atoms with Crippen LogP contribution in [0.5, 0.6) is 5.75 Å². The minimum absolute atomic E-state index is 0.0986. The molecule has 0 spiro atoms. The fourth-order valence-corrected chi connectivity index (χ4v) is 3.49. The van der Waals surface area contributed by atoms with Gasteiger partial charge in [0, 0.05) is 25.8 Å². The van der Waals surface area contributed by atoms with Crippen LogP contribution in [-0.2, 0) is 14.3 Å². The highest BCUT2D eigenvalue weighted by Gasteiger charge is 2.45. The lowest BCUT2D eigenvalue weighted by Gasteiger charge is -2.25. The molecule has 2 aromatic rings. The molecule has 1 unspecified atom stereocenters. The van der Waals surface area contributed by atoms with Crippen molar-refractivity contribution in [3.63, 3.8) is 0 Å². The highest BCUT2D eigenvalue weighted by atomic mass is 16.5. The van der Waals surface area contributed by atoms with E-state index in [-0.39, 0.29) is 11.3 Å². The molecule has 1 heterocycles. The maximum atomic E-state index is 12.9. The van der Waals surface area contributed by atoms with E-state index in [4.69, 9.17) is 9.47 Å². The Morgan fingerprint density at radius 1 is 1.03 bits per heavy atom. The van der Waals surface area contributed by atoms with Gasteiger partial charge < -0.3 is 19.5 Å². The summed E-state index contributed by atoms with van der Waals surface area (Å²) in [6, 6.07) is 13.7. The fraction of sp³-hybridized carbons (Fsp3) is 0.304. The summed E-state index contributed by atoms with van der Waals surface area (Å²) in [6.07, 6.45) is 0.584. The van der Waals surface area contributed by atoms with Gasteiger partial charge in [0.15, 0.2) is 0 Å². The lowest BCUT2D eigenvalue weighted by molar-refractivity contribution is -0.140. The summed E-state index contributed by atoms with van der Waals surface area (Å²) in [4.78, 5) is 27.1. The first kappa shape index (κ1) is 20.6. The molecule has 3 rings (SSSR count). The molecular weight excluding hydrogens is 370 g/mol. The largest absolute Gasteiger partial charge is 0.507 e. The molecule has 1 atom stereocenters.